The summed E-state index contributed by atoms with van der Waals surface area (Å²) in [4.78, 5) is 25.8. The largest absolute Gasteiger partial charge is 0.395 e. The maximum absolute atomic E-state index is 13.0. The van der Waals surface area contributed by atoms with Crippen molar-refractivity contribution < 1.29 is 19.9 Å². The van der Waals surface area contributed by atoms with Crippen LogP contribution >= 0.6 is 0 Å². The van der Waals surface area contributed by atoms with E-state index in [0.717, 1.165) is 16.8 Å². The Hall–Kier alpha value is -4.05. The van der Waals surface area contributed by atoms with Gasteiger partial charge in [-0.15, -0.1) is 0 Å². The number of nitrogens with one attached hydrogen (secondary N) is 2. The number of aliphatic hydroxyl groups is 2. The van der Waals surface area contributed by atoms with E-state index < -0.39 is 4.92 Å². The van der Waals surface area contributed by atoms with Crippen LogP contribution in [0.4, 0.5) is 17.1 Å². The number of fused-ring (bicyclic) bond motifs is 1. The van der Waals surface area contributed by atoms with Gasteiger partial charge in [-0.2, -0.15) is 0 Å². The lowest BCUT2D eigenvalue weighted by Gasteiger charge is -2.20. The van der Waals surface area contributed by atoms with Crippen LogP contribution in [0, 0.1) is 10.1 Å². The molecule has 0 bridgehead atoms. The highest BCUT2D eigenvalue weighted by Gasteiger charge is 2.30. The van der Waals surface area contributed by atoms with E-state index >= 15 is 0 Å². The quantitative estimate of drug-likeness (QED) is 0.202. The minimum Gasteiger partial charge on any atom is -0.395 e. The van der Waals surface area contributed by atoms with Crippen LogP contribution in [0.25, 0.3) is 11.3 Å². The van der Waals surface area contributed by atoms with Crippen LogP contribution in [0.15, 0.2) is 72.8 Å². The van der Waals surface area contributed by atoms with Gasteiger partial charge >= 0.3 is 0 Å². The van der Waals surface area contributed by atoms with Crippen LogP contribution in [0.3, 0.4) is 0 Å². The number of anilines is 2. The Balaban J connectivity index is 1.70. The minimum atomic E-state index is -0.480. The van der Waals surface area contributed by atoms with Gasteiger partial charge in [0.25, 0.3) is 11.6 Å². The lowest BCUT2D eigenvalue weighted by Crippen LogP contribution is -2.29. The zero-order valence-electron chi connectivity index (χ0n) is 19.0. The molecule has 35 heavy (non-hydrogen) atoms. The molecule has 0 radical (unpaired) electrons. The van der Waals surface area contributed by atoms with Gasteiger partial charge in [0.05, 0.1) is 29.4 Å². The third-order valence-electron chi connectivity index (χ3n) is 5.73. The molecule has 0 unspecified atom stereocenters. The lowest BCUT2D eigenvalue weighted by molar-refractivity contribution is -0.384. The Morgan fingerprint density at radius 3 is 2.29 bits per heavy atom. The molecule has 1 aliphatic heterocycles. The molecule has 4 rings (SSSR count). The fourth-order valence-corrected chi connectivity index (χ4v) is 4.05. The van der Waals surface area contributed by atoms with Crippen molar-refractivity contribution in [1.82, 2.24) is 4.90 Å². The van der Waals surface area contributed by atoms with Crippen LogP contribution in [0.5, 0.6) is 0 Å². The second-order valence-corrected chi connectivity index (χ2v) is 8.10. The fourth-order valence-electron chi connectivity index (χ4n) is 4.05. The molecule has 180 valence electrons. The second-order valence-electron chi connectivity index (χ2n) is 8.10. The molecule has 0 saturated heterocycles. The fraction of sp³-hybridized carbons (Fsp3) is 0.192. The van der Waals surface area contributed by atoms with Crippen LogP contribution in [0.1, 0.15) is 16.7 Å². The van der Waals surface area contributed by atoms with Gasteiger partial charge in [0.15, 0.2) is 0 Å². The zero-order valence-corrected chi connectivity index (χ0v) is 19.0. The van der Waals surface area contributed by atoms with E-state index in [-0.39, 0.29) is 24.8 Å². The average molecular weight is 475 g/mol. The SMILES string of the molecule is O=C1Nc2ccc([N+](=O)[O-])cc2/C1=C(/Nc1ccc(CN(CCO)CCO)cc1)c1ccccc1. The molecule has 0 atom stereocenters. The molecular formula is C26H26N4O5. The molecule has 3 aromatic rings. The minimum absolute atomic E-state index is 0.00927. The third-order valence-corrected chi connectivity index (χ3v) is 5.73. The van der Waals surface area contributed by atoms with E-state index in [1.165, 1.54) is 12.1 Å². The number of carbonyl (C=O) groups excluding carboxylic acids is 1. The lowest BCUT2D eigenvalue weighted by atomic mass is 9.99. The van der Waals surface area contributed by atoms with E-state index in [2.05, 4.69) is 10.6 Å². The summed E-state index contributed by atoms with van der Waals surface area (Å²) < 4.78 is 0. The van der Waals surface area contributed by atoms with Crippen molar-refractivity contribution in [3.05, 3.63) is 99.6 Å². The van der Waals surface area contributed by atoms with E-state index in [9.17, 15) is 25.1 Å². The monoisotopic (exact) mass is 474 g/mol. The van der Waals surface area contributed by atoms with Gasteiger partial charge in [0.1, 0.15) is 0 Å². The van der Waals surface area contributed by atoms with Crippen molar-refractivity contribution >= 4 is 34.2 Å². The summed E-state index contributed by atoms with van der Waals surface area (Å²) in [6, 6.07) is 21.3. The van der Waals surface area contributed by atoms with Crippen molar-refractivity contribution in [2.24, 2.45) is 0 Å². The highest BCUT2D eigenvalue weighted by molar-refractivity contribution is 6.37. The first-order valence-electron chi connectivity index (χ1n) is 11.2. The Labute approximate surface area is 202 Å². The average Bonchev–Trinajstić information content (AvgIpc) is 3.19. The first-order chi connectivity index (χ1) is 17.0. The van der Waals surface area contributed by atoms with Crippen molar-refractivity contribution in [3.63, 3.8) is 0 Å². The summed E-state index contributed by atoms with van der Waals surface area (Å²) in [5.41, 5.74) is 4.27. The van der Waals surface area contributed by atoms with Crippen molar-refractivity contribution in [2.75, 3.05) is 36.9 Å². The van der Waals surface area contributed by atoms with Gasteiger partial charge in [-0.25, -0.2) is 0 Å². The summed E-state index contributed by atoms with van der Waals surface area (Å²) in [7, 11) is 0. The molecule has 1 aliphatic rings. The highest BCUT2D eigenvalue weighted by atomic mass is 16.6. The number of nitro benzene ring substituents is 1. The number of rotatable bonds is 10. The Kier molecular flexibility index (Phi) is 7.51. The molecule has 0 spiro atoms. The molecule has 9 heteroatoms. The smallest absolute Gasteiger partial charge is 0.270 e. The molecule has 0 aliphatic carbocycles. The topological polar surface area (TPSA) is 128 Å². The standard InChI is InChI=1S/C26H26N4O5/c31-14-12-29(13-15-32)17-18-6-8-20(9-7-18)27-25(19-4-2-1-3-5-19)24-22-16-21(30(34)35)10-11-23(22)28-26(24)33/h1-11,16,27,31-32H,12-15,17H2,(H,28,33)/b25-24-. The molecular weight excluding hydrogens is 448 g/mol. The van der Waals surface area contributed by atoms with Crippen LogP contribution in [-0.2, 0) is 11.3 Å². The summed E-state index contributed by atoms with van der Waals surface area (Å²) in [6.07, 6.45) is 0. The Bertz CT molecular complexity index is 1240. The summed E-state index contributed by atoms with van der Waals surface area (Å²) in [5, 5.41) is 35.9. The van der Waals surface area contributed by atoms with Gasteiger partial charge in [-0.3, -0.25) is 19.8 Å². The number of non-ortho nitro benzene ring substituents is 1. The van der Waals surface area contributed by atoms with Crippen molar-refractivity contribution in [3.8, 4) is 0 Å². The van der Waals surface area contributed by atoms with Gasteiger partial charge < -0.3 is 20.8 Å². The Morgan fingerprint density at radius 1 is 0.971 bits per heavy atom. The predicted molar refractivity (Wildman–Crippen MR) is 134 cm³/mol. The van der Waals surface area contributed by atoms with Crippen molar-refractivity contribution in [2.45, 2.75) is 6.54 Å². The Morgan fingerprint density at radius 2 is 1.66 bits per heavy atom. The van der Waals surface area contributed by atoms with Gasteiger partial charge in [-0.1, -0.05) is 42.5 Å². The maximum atomic E-state index is 13.0. The van der Waals surface area contributed by atoms with E-state index in [1.54, 1.807) is 6.07 Å². The van der Waals surface area contributed by atoms with Crippen LogP contribution in [0.2, 0.25) is 0 Å². The molecule has 9 nitrogen and oxygen atoms in total. The van der Waals surface area contributed by atoms with E-state index in [4.69, 9.17) is 0 Å². The molecule has 0 saturated carbocycles. The zero-order chi connectivity index (χ0) is 24.8. The van der Waals surface area contributed by atoms with E-state index in [0.29, 0.717) is 42.2 Å². The molecule has 1 amide bonds. The number of aliphatic hydroxyl groups excluding tert-OH is 2. The molecule has 3 aromatic carbocycles. The molecule has 0 fully saturated rings. The normalized spacial score (nSPS) is 14.0. The number of nitro groups is 1. The second kappa shape index (κ2) is 10.9. The number of amides is 1. The van der Waals surface area contributed by atoms with Crippen LogP contribution in [-0.4, -0.2) is 52.2 Å². The number of nitrogens with zero attached hydrogens (tertiary/aromatic N) is 2. The van der Waals surface area contributed by atoms with Gasteiger partial charge in [0.2, 0.25) is 0 Å². The van der Waals surface area contributed by atoms with Gasteiger partial charge in [0, 0.05) is 48.7 Å². The number of hydrogen-bond donors (Lipinski definition) is 4. The first-order valence-corrected chi connectivity index (χ1v) is 11.2. The first kappa shape index (κ1) is 24.1. The summed E-state index contributed by atoms with van der Waals surface area (Å²) in [5.74, 6) is -0.341. The maximum Gasteiger partial charge on any atom is 0.270 e. The van der Waals surface area contributed by atoms with Crippen LogP contribution < -0.4 is 10.6 Å². The predicted octanol–water partition coefficient (Wildman–Crippen LogP) is 3.31. The molecule has 0 aromatic heterocycles. The summed E-state index contributed by atoms with van der Waals surface area (Å²) >= 11 is 0. The number of carbonyl (C=O) groups is 1. The summed E-state index contributed by atoms with van der Waals surface area (Å²) in [6.45, 7) is 1.52. The number of benzene rings is 3. The molecule has 4 N–H and O–H groups in total. The van der Waals surface area contributed by atoms with Crippen molar-refractivity contribution in [1.29, 1.82) is 0 Å². The van der Waals surface area contributed by atoms with Gasteiger partial charge in [-0.05, 0) is 29.3 Å². The highest BCUT2D eigenvalue weighted by Crippen LogP contribution is 2.39. The van der Waals surface area contributed by atoms with E-state index in [1.807, 2.05) is 59.5 Å². The molecule has 1 heterocycles. The number of hydrogen-bond acceptors (Lipinski definition) is 7. The third kappa shape index (κ3) is 5.55.